The number of hydrogen-bond acceptors (Lipinski definition) is 6. The fourth-order valence-electron chi connectivity index (χ4n) is 3.35. The number of benzene rings is 3. The fourth-order valence-corrected chi connectivity index (χ4v) is 4.29. The molecule has 0 atom stereocenters. The number of carbonyl (C=O) groups excluding carboxylic acids is 1. The van der Waals surface area contributed by atoms with E-state index in [0.717, 1.165) is 16.8 Å². The summed E-state index contributed by atoms with van der Waals surface area (Å²) in [5, 5.41) is 12.9. The number of anilines is 1. The van der Waals surface area contributed by atoms with E-state index in [1.807, 2.05) is 60.0 Å². The van der Waals surface area contributed by atoms with E-state index < -0.39 is 0 Å². The maximum absolute atomic E-state index is 12.7. The highest BCUT2D eigenvalue weighted by molar-refractivity contribution is 7.99. The molecule has 1 heterocycles. The third-order valence-electron chi connectivity index (χ3n) is 5.01. The number of amides is 1. The zero-order valence-corrected chi connectivity index (χ0v) is 20.5. The van der Waals surface area contributed by atoms with Crippen LogP contribution in [0.3, 0.4) is 0 Å². The summed E-state index contributed by atoms with van der Waals surface area (Å²) in [6.07, 6.45) is 0. The summed E-state index contributed by atoms with van der Waals surface area (Å²) in [5.41, 5.74) is 3.49. The quantitative estimate of drug-likeness (QED) is 0.319. The Morgan fingerprint density at radius 1 is 1.00 bits per heavy atom. The van der Waals surface area contributed by atoms with Crippen LogP contribution in [-0.2, 0) is 4.79 Å². The molecule has 9 heteroatoms. The lowest BCUT2D eigenvalue weighted by molar-refractivity contribution is -0.113. The minimum absolute atomic E-state index is 0.147. The van der Waals surface area contributed by atoms with Gasteiger partial charge in [0.05, 0.1) is 20.0 Å². The number of ether oxygens (including phenoxy) is 2. The largest absolute Gasteiger partial charge is 0.493 e. The molecule has 0 radical (unpaired) electrons. The molecule has 0 saturated carbocycles. The first kappa shape index (κ1) is 23.7. The first-order valence-electron chi connectivity index (χ1n) is 10.4. The van der Waals surface area contributed by atoms with E-state index in [1.54, 1.807) is 32.4 Å². The van der Waals surface area contributed by atoms with Crippen LogP contribution in [0.25, 0.3) is 17.1 Å². The summed E-state index contributed by atoms with van der Waals surface area (Å²) in [6.45, 7) is 2.03. The average molecular weight is 495 g/mol. The van der Waals surface area contributed by atoms with E-state index in [2.05, 4.69) is 15.5 Å². The number of aryl methyl sites for hydroxylation is 1. The van der Waals surface area contributed by atoms with E-state index >= 15 is 0 Å². The first-order valence-corrected chi connectivity index (χ1v) is 11.8. The third-order valence-corrected chi connectivity index (χ3v) is 6.17. The molecule has 0 aliphatic carbocycles. The van der Waals surface area contributed by atoms with Gasteiger partial charge in [0.15, 0.2) is 22.5 Å². The van der Waals surface area contributed by atoms with Gasteiger partial charge in [0.25, 0.3) is 0 Å². The van der Waals surface area contributed by atoms with Crippen LogP contribution >= 0.6 is 23.4 Å². The lowest BCUT2D eigenvalue weighted by Gasteiger charge is -2.12. The number of halogens is 1. The average Bonchev–Trinajstić information content (AvgIpc) is 3.27. The predicted octanol–water partition coefficient (Wildman–Crippen LogP) is 5.64. The first-order chi connectivity index (χ1) is 16.5. The van der Waals surface area contributed by atoms with E-state index in [1.165, 1.54) is 11.8 Å². The molecular weight excluding hydrogens is 472 g/mol. The van der Waals surface area contributed by atoms with Crippen LogP contribution in [0.1, 0.15) is 5.56 Å². The van der Waals surface area contributed by atoms with Crippen LogP contribution in [0, 0.1) is 6.92 Å². The van der Waals surface area contributed by atoms with Gasteiger partial charge < -0.3 is 14.8 Å². The number of hydrogen-bond donors (Lipinski definition) is 1. The van der Waals surface area contributed by atoms with Crippen molar-refractivity contribution in [2.45, 2.75) is 12.1 Å². The molecule has 0 spiro atoms. The Kier molecular flexibility index (Phi) is 7.40. The van der Waals surface area contributed by atoms with Gasteiger partial charge in [-0.15, -0.1) is 10.2 Å². The molecule has 0 saturated heterocycles. The van der Waals surface area contributed by atoms with Crippen molar-refractivity contribution in [2.24, 2.45) is 0 Å². The molecule has 0 unspecified atom stereocenters. The topological polar surface area (TPSA) is 78.3 Å². The third kappa shape index (κ3) is 5.35. The number of thioether (sulfide) groups is 1. The maximum Gasteiger partial charge on any atom is 0.234 e. The summed E-state index contributed by atoms with van der Waals surface area (Å²) >= 11 is 7.51. The summed E-state index contributed by atoms with van der Waals surface area (Å²) in [7, 11) is 3.11. The van der Waals surface area contributed by atoms with E-state index in [-0.39, 0.29) is 11.7 Å². The van der Waals surface area contributed by atoms with Gasteiger partial charge in [0, 0.05) is 28.0 Å². The van der Waals surface area contributed by atoms with Crippen molar-refractivity contribution < 1.29 is 14.3 Å². The lowest BCUT2D eigenvalue weighted by Crippen LogP contribution is -2.14. The number of aromatic nitrogens is 3. The van der Waals surface area contributed by atoms with Gasteiger partial charge in [-0.05, 0) is 43.3 Å². The summed E-state index contributed by atoms with van der Waals surface area (Å²) < 4.78 is 12.5. The predicted molar refractivity (Wildman–Crippen MR) is 135 cm³/mol. The number of nitrogens with one attached hydrogen (secondary N) is 1. The van der Waals surface area contributed by atoms with Crippen molar-refractivity contribution in [3.63, 3.8) is 0 Å². The van der Waals surface area contributed by atoms with Gasteiger partial charge in [0.1, 0.15) is 0 Å². The number of rotatable bonds is 8. The van der Waals surface area contributed by atoms with Crippen LogP contribution < -0.4 is 14.8 Å². The smallest absolute Gasteiger partial charge is 0.234 e. The van der Waals surface area contributed by atoms with Crippen molar-refractivity contribution >= 4 is 35.0 Å². The Morgan fingerprint density at radius 2 is 1.76 bits per heavy atom. The van der Waals surface area contributed by atoms with Crippen molar-refractivity contribution in [1.82, 2.24) is 14.8 Å². The second-order valence-corrected chi connectivity index (χ2v) is 8.77. The molecule has 4 aromatic rings. The van der Waals surface area contributed by atoms with E-state index in [0.29, 0.717) is 33.2 Å². The Labute approximate surface area is 207 Å². The second kappa shape index (κ2) is 10.6. The summed E-state index contributed by atoms with van der Waals surface area (Å²) in [6, 6.07) is 20.7. The second-order valence-electron chi connectivity index (χ2n) is 7.39. The van der Waals surface area contributed by atoms with Crippen LogP contribution in [0.2, 0.25) is 5.02 Å². The van der Waals surface area contributed by atoms with Crippen molar-refractivity contribution in [1.29, 1.82) is 0 Å². The standard InChI is InChI=1S/C25H23ClN4O3S/c1-16-7-10-20(11-8-16)30-24(17-5-4-6-18(26)13-17)28-29-25(30)34-15-23(31)27-19-9-12-21(32-2)22(14-19)33-3/h4-14H,15H2,1-3H3,(H,27,31). The highest BCUT2D eigenvalue weighted by atomic mass is 35.5. The molecule has 0 fully saturated rings. The molecule has 0 aliphatic heterocycles. The number of nitrogens with zero attached hydrogens (tertiary/aromatic N) is 3. The molecule has 34 heavy (non-hydrogen) atoms. The van der Waals surface area contributed by atoms with Gasteiger partial charge >= 0.3 is 0 Å². The molecule has 0 aliphatic rings. The molecule has 3 aromatic carbocycles. The van der Waals surface area contributed by atoms with Gasteiger partial charge in [-0.3, -0.25) is 9.36 Å². The maximum atomic E-state index is 12.7. The molecular formula is C25H23ClN4O3S. The molecule has 4 rings (SSSR count). The lowest BCUT2D eigenvalue weighted by atomic mass is 10.2. The van der Waals surface area contributed by atoms with E-state index in [4.69, 9.17) is 21.1 Å². The van der Waals surface area contributed by atoms with Gasteiger partial charge in [0.2, 0.25) is 5.91 Å². The number of methoxy groups -OCH3 is 2. The zero-order valence-electron chi connectivity index (χ0n) is 18.9. The Morgan fingerprint density at radius 3 is 2.47 bits per heavy atom. The molecule has 1 aromatic heterocycles. The van der Waals surface area contributed by atoms with Crippen molar-refractivity contribution in [3.05, 3.63) is 77.3 Å². The molecule has 0 bridgehead atoms. The minimum Gasteiger partial charge on any atom is -0.493 e. The van der Waals surface area contributed by atoms with Gasteiger partial charge in [-0.25, -0.2) is 0 Å². The highest BCUT2D eigenvalue weighted by Gasteiger charge is 2.18. The van der Waals surface area contributed by atoms with E-state index in [9.17, 15) is 4.79 Å². The molecule has 1 amide bonds. The van der Waals surface area contributed by atoms with Crippen molar-refractivity contribution in [3.8, 4) is 28.6 Å². The number of carbonyl (C=O) groups is 1. The van der Waals surface area contributed by atoms with Crippen LogP contribution in [0.4, 0.5) is 5.69 Å². The van der Waals surface area contributed by atoms with Crippen LogP contribution in [-0.4, -0.2) is 40.6 Å². The highest BCUT2D eigenvalue weighted by Crippen LogP contribution is 2.31. The SMILES string of the molecule is COc1ccc(NC(=O)CSc2nnc(-c3cccc(Cl)c3)n2-c2ccc(C)cc2)cc1OC. The zero-order chi connectivity index (χ0) is 24.1. The summed E-state index contributed by atoms with van der Waals surface area (Å²) in [5.74, 6) is 1.75. The van der Waals surface area contributed by atoms with Gasteiger partial charge in [-0.2, -0.15) is 0 Å². The normalized spacial score (nSPS) is 10.7. The van der Waals surface area contributed by atoms with Crippen LogP contribution in [0.5, 0.6) is 11.5 Å². The van der Waals surface area contributed by atoms with Crippen LogP contribution in [0.15, 0.2) is 71.9 Å². The molecule has 1 N–H and O–H groups in total. The summed E-state index contributed by atoms with van der Waals surface area (Å²) in [4.78, 5) is 12.7. The Hall–Kier alpha value is -3.49. The van der Waals surface area contributed by atoms with Gasteiger partial charge in [-0.1, -0.05) is 53.2 Å². The monoisotopic (exact) mass is 494 g/mol. The van der Waals surface area contributed by atoms with Crippen molar-refractivity contribution in [2.75, 3.05) is 25.3 Å². The minimum atomic E-state index is -0.181. The fraction of sp³-hybridized carbons (Fsp3) is 0.160. The Bertz CT molecular complexity index is 1310. The Balaban J connectivity index is 1.57. The molecule has 7 nitrogen and oxygen atoms in total. The molecule has 174 valence electrons.